The minimum Gasteiger partial charge on any atom is -0.378 e. The summed E-state index contributed by atoms with van der Waals surface area (Å²) in [4.78, 5) is 30.1. The van der Waals surface area contributed by atoms with Crippen molar-refractivity contribution in [3.63, 3.8) is 0 Å². The Morgan fingerprint density at radius 2 is 1.82 bits per heavy atom. The van der Waals surface area contributed by atoms with E-state index in [2.05, 4.69) is 57.5 Å². The van der Waals surface area contributed by atoms with Gasteiger partial charge in [0.2, 0.25) is 5.95 Å². The third-order valence-corrected chi connectivity index (χ3v) is 8.36. The fraction of sp³-hybridized carbons (Fsp3) is 0.345. The highest BCUT2D eigenvalue weighted by Crippen LogP contribution is 2.35. The Hall–Kier alpha value is -3.53. The maximum atomic E-state index is 13.0. The van der Waals surface area contributed by atoms with E-state index in [1.807, 2.05) is 36.2 Å². The van der Waals surface area contributed by atoms with Crippen molar-refractivity contribution in [1.29, 1.82) is 0 Å². The molecule has 0 radical (unpaired) electrons. The first-order valence-corrected chi connectivity index (χ1v) is 13.9. The van der Waals surface area contributed by atoms with Gasteiger partial charge in [-0.25, -0.2) is 9.97 Å². The van der Waals surface area contributed by atoms with Crippen LogP contribution in [0.1, 0.15) is 15.9 Å². The highest BCUT2D eigenvalue weighted by molar-refractivity contribution is 7.22. The van der Waals surface area contributed by atoms with E-state index in [0.717, 1.165) is 58.1 Å². The number of nitrogens with zero attached hydrogens (tertiary/aromatic N) is 5. The van der Waals surface area contributed by atoms with E-state index >= 15 is 0 Å². The van der Waals surface area contributed by atoms with Crippen molar-refractivity contribution in [2.75, 3.05) is 69.7 Å². The number of amides is 1. The Bertz CT molecular complexity index is 1460. The zero-order valence-electron chi connectivity index (χ0n) is 21.8. The number of hydrogen-bond donors (Lipinski definition) is 1. The largest absolute Gasteiger partial charge is 0.378 e. The van der Waals surface area contributed by atoms with Crippen LogP contribution in [0, 0.1) is 6.92 Å². The van der Waals surface area contributed by atoms with E-state index in [0.29, 0.717) is 37.8 Å². The van der Waals surface area contributed by atoms with Crippen LogP contribution >= 0.6 is 11.3 Å². The van der Waals surface area contributed by atoms with Crippen molar-refractivity contribution in [3.8, 4) is 10.6 Å². The minimum atomic E-state index is 0.0615. The van der Waals surface area contributed by atoms with Gasteiger partial charge >= 0.3 is 0 Å². The number of morpholine rings is 1. The highest BCUT2D eigenvalue weighted by atomic mass is 32.1. The Morgan fingerprint density at radius 3 is 2.63 bits per heavy atom. The number of rotatable bonds is 5. The molecule has 2 aliphatic rings. The number of carbonyl (C=O) groups is 1. The minimum absolute atomic E-state index is 0.0615. The first-order valence-electron chi connectivity index (χ1n) is 13.1. The molecule has 0 unspecified atom stereocenters. The normalized spacial score (nSPS) is 16.7. The van der Waals surface area contributed by atoms with Crippen LogP contribution in [0.2, 0.25) is 0 Å². The number of thiophene rings is 1. The van der Waals surface area contributed by atoms with Gasteiger partial charge in [0.25, 0.3) is 5.91 Å². The summed E-state index contributed by atoms with van der Waals surface area (Å²) >= 11 is 1.68. The first kappa shape index (κ1) is 24.8. The SMILES string of the molecule is Cc1cnc(Nc2cccc(N3CCN(C)CC3)c2)nc1-c1cc2cc(C(=O)N3CCOCC3)ccc2s1. The molecule has 2 aromatic heterocycles. The maximum absolute atomic E-state index is 13.0. The van der Waals surface area contributed by atoms with E-state index < -0.39 is 0 Å². The van der Waals surface area contributed by atoms with Gasteiger partial charge in [-0.15, -0.1) is 11.3 Å². The fourth-order valence-electron chi connectivity index (χ4n) is 4.97. The van der Waals surface area contributed by atoms with E-state index in [9.17, 15) is 4.79 Å². The van der Waals surface area contributed by atoms with E-state index in [1.54, 1.807) is 11.3 Å². The summed E-state index contributed by atoms with van der Waals surface area (Å²) in [6.07, 6.45) is 1.87. The number of likely N-dealkylation sites (N-methyl/N-ethyl adjacent to an activating group) is 1. The van der Waals surface area contributed by atoms with Crippen LogP contribution in [0.5, 0.6) is 0 Å². The van der Waals surface area contributed by atoms with Gasteiger partial charge in [-0.1, -0.05) is 6.07 Å². The molecule has 38 heavy (non-hydrogen) atoms. The second-order valence-electron chi connectivity index (χ2n) is 9.96. The summed E-state index contributed by atoms with van der Waals surface area (Å²) in [5, 5.41) is 4.46. The molecule has 4 heterocycles. The number of benzene rings is 2. The van der Waals surface area contributed by atoms with Gasteiger partial charge in [-0.2, -0.15) is 0 Å². The number of aryl methyl sites for hydroxylation is 1. The molecular weight excluding hydrogens is 496 g/mol. The van der Waals surface area contributed by atoms with Crippen molar-refractivity contribution in [3.05, 3.63) is 65.9 Å². The summed E-state index contributed by atoms with van der Waals surface area (Å²) in [6, 6.07) is 16.5. The average Bonchev–Trinajstić information content (AvgIpc) is 3.38. The van der Waals surface area contributed by atoms with Crippen molar-refractivity contribution in [2.24, 2.45) is 0 Å². The second-order valence-corrected chi connectivity index (χ2v) is 11.0. The van der Waals surface area contributed by atoms with E-state index in [-0.39, 0.29) is 5.91 Å². The molecule has 2 saturated heterocycles. The third-order valence-electron chi connectivity index (χ3n) is 7.24. The molecular formula is C29H32N6O2S. The molecule has 0 saturated carbocycles. The zero-order valence-corrected chi connectivity index (χ0v) is 22.6. The predicted molar refractivity (Wildman–Crippen MR) is 154 cm³/mol. The number of ether oxygens (including phenoxy) is 1. The second kappa shape index (κ2) is 10.7. The Morgan fingerprint density at radius 1 is 1.00 bits per heavy atom. The van der Waals surface area contributed by atoms with Gasteiger partial charge in [-0.05, 0) is 67.4 Å². The average molecular weight is 529 g/mol. The summed E-state index contributed by atoms with van der Waals surface area (Å²) < 4.78 is 6.52. The van der Waals surface area contributed by atoms with Gasteiger partial charge in [0.05, 0.1) is 23.8 Å². The number of piperazine rings is 1. The van der Waals surface area contributed by atoms with Gasteiger partial charge in [0.1, 0.15) is 0 Å². The molecule has 1 N–H and O–H groups in total. The smallest absolute Gasteiger partial charge is 0.254 e. The molecule has 196 valence electrons. The molecule has 4 aromatic rings. The number of fused-ring (bicyclic) bond motifs is 1. The monoisotopic (exact) mass is 528 g/mol. The van der Waals surface area contributed by atoms with Gasteiger partial charge < -0.3 is 24.8 Å². The summed E-state index contributed by atoms with van der Waals surface area (Å²) in [5.74, 6) is 0.633. The number of nitrogens with one attached hydrogen (secondary N) is 1. The molecule has 2 aliphatic heterocycles. The van der Waals surface area contributed by atoms with Crippen molar-refractivity contribution < 1.29 is 9.53 Å². The summed E-state index contributed by atoms with van der Waals surface area (Å²) in [7, 11) is 2.17. The van der Waals surface area contributed by atoms with Crippen molar-refractivity contribution in [1.82, 2.24) is 19.8 Å². The lowest BCUT2D eigenvalue weighted by Crippen LogP contribution is -2.44. The van der Waals surface area contributed by atoms with Crippen LogP contribution in [0.15, 0.2) is 54.7 Å². The van der Waals surface area contributed by atoms with Crippen molar-refractivity contribution >= 4 is 44.7 Å². The Kier molecular flexibility index (Phi) is 6.97. The molecule has 9 heteroatoms. The van der Waals surface area contributed by atoms with E-state index in [4.69, 9.17) is 9.72 Å². The first-order chi connectivity index (χ1) is 18.5. The lowest BCUT2D eigenvalue weighted by atomic mass is 10.1. The fourth-order valence-corrected chi connectivity index (χ4v) is 6.07. The van der Waals surface area contributed by atoms with Gasteiger partial charge in [0.15, 0.2) is 0 Å². The molecule has 2 fully saturated rings. The Labute approximate surface area is 226 Å². The molecule has 0 atom stereocenters. The van der Waals surface area contributed by atoms with Crippen LogP contribution < -0.4 is 10.2 Å². The molecule has 2 aromatic carbocycles. The molecule has 1 amide bonds. The van der Waals surface area contributed by atoms with Crippen LogP contribution in [0.3, 0.4) is 0 Å². The van der Waals surface area contributed by atoms with Crippen LogP contribution in [-0.2, 0) is 4.74 Å². The molecule has 0 aliphatic carbocycles. The summed E-state index contributed by atoms with van der Waals surface area (Å²) in [6.45, 7) is 8.69. The number of anilines is 3. The molecule has 8 nitrogen and oxygen atoms in total. The van der Waals surface area contributed by atoms with Crippen molar-refractivity contribution in [2.45, 2.75) is 6.92 Å². The standard InChI is InChI=1S/C29H32N6O2S/c1-20-19-30-29(31-23-4-3-5-24(18-23)34-10-8-33(2)9-11-34)32-27(20)26-17-22-16-21(6-7-25(22)38-26)28(36)35-12-14-37-15-13-35/h3-7,16-19H,8-15H2,1-2H3,(H,30,31,32). The lowest BCUT2D eigenvalue weighted by Gasteiger charge is -2.34. The van der Waals surface area contributed by atoms with Gasteiger partial charge in [-0.3, -0.25) is 4.79 Å². The van der Waals surface area contributed by atoms with Crippen LogP contribution in [-0.4, -0.2) is 85.2 Å². The lowest BCUT2D eigenvalue weighted by molar-refractivity contribution is 0.0303. The molecule has 0 bridgehead atoms. The number of carbonyl (C=O) groups excluding carboxylic acids is 1. The predicted octanol–water partition coefficient (Wildman–Crippen LogP) is 4.63. The zero-order chi connectivity index (χ0) is 26.1. The van der Waals surface area contributed by atoms with Crippen LogP contribution in [0.4, 0.5) is 17.3 Å². The Balaban J connectivity index is 1.23. The highest BCUT2D eigenvalue weighted by Gasteiger charge is 2.20. The maximum Gasteiger partial charge on any atom is 0.254 e. The molecule has 0 spiro atoms. The number of aromatic nitrogens is 2. The number of hydrogen-bond acceptors (Lipinski definition) is 8. The molecule has 6 rings (SSSR count). The third kappa shape index (κ3) is 5.22. The van der Waals surface area contributed by atoms with Gasteiger partial charge in [0, 0.05) is 67.1 Å². The topological polar surface area (TPSA) is 73.8 Å². The quantitative estimate of drug-likeness (QED) is 0.405. The van der Waals surface area contributed by atoms with E-state index in [1.165, 1.54) is 5.69 Å². The summed E-state index contributed by atoms with van der Waals surface area (Å²) in [5.41, 5.74) is 4.81. The van der Waals surface area contributed by atoms with Crippen LogP contribution in [0.25, 0.3) is 20.7 Å².